The van der Waals surface area contributed by atoms with Crippen molar-refractivity contribution in [2.24, 2.45) is 0 Å². The first-order valence-electron chi connectivity index (χ1n) is 8.38. The van der Waals surface area contributed by atoms with Gasteiger partial charge in [0.1, 0.15) is 5.82 Å². The van der Waals surface area contributed by atoms with Gasteiger partial charge in [0.15, 0.2) is 0 Å². The van der Waals surface area contributed by atoms with E-state index in [2.05, 4.69) is 33.2 Å². The van der Waals surface area contributed by atoms with Gasteiger partial charge in [-0.15, -0.1) is 0 Å². The molecule has 0 bridgehead atoms. The molecule has 0 fully saturated rings. The first-order valence-corrected chi connectivity index (χ1v) is 8.76. The van der Waals surface area contributed by atoms with E-state index in [-0.39, 0.29) is 5.95 Å². The third kappa shape index (κ3) is 5.18. The van der Waals surface area contributed by atoms with Crippen molar-refractivity contribution in [1.29, 1.82) is 0 Å². The standard InChI is InChI=1S/C20H22ClN5/c1-14-6-8-17(9-7-14)23-19-11-18(24-20(22)25-19)13-26(2)12-15-4-3-5-16(21)10-15/h3-11H,12-13H2,1-2H3,(H3,22,23,24,25). The lowest BCUT2D eigenvalue weighted by molar-refractivity contribution is 0.315. The number of hydrogen-bond acceptors (Lipinski definition) is 5. The Morgan fingerprint density at radius 1 is 1.04 bits per heavy atom. The fraction of sp³-hybridized carbons (Fsp3) is 0.200. The van der Waals surface area contributed by atoms with Gasteiger partial charge in [-0.05, 0) is 43.8 Å². The Bertz CT molecular complexity index is 880. The second-order valence-corrected chi connectivity index (χ2v) is 6.83. The van der Waals surface area contributed by atoms with Crippen molar-refractivity contribution in [3.05, 3.63) is 76.4 Å². The Morgan fingerprint density at radius 2 is 1.81 bits per heavy atom. The van der Waals surface area contributed by atoms with Crippen LogP contribution < -0.4 is 11.1 Å². The van der Waals surface area contributed by atoms with Crippen LogP contribution in [0.2, 0.25) is 5.02 Å². The van der Waals surface area contributed by atoms with Gasteiger partial charge in [0.2, 0.25) is 5.95 Å². The van der Waals surface area contributed by atoms with E-state index in [1.54, 1.807) is 0 Å². The van der Waals surface area contributed by atoms with Crippen LogP contribution in [-0.2, 0) is 13.1 Å². The maximum Gasteiger partial charge on any atom is 0.222 e. The molecule has 1 aromatic heterocycles. The third-order valence-electron chi connectivity index (χ3n) is 3.89. The SMILES string of the molecule is Cc1ccc(Nc2cc(CN(C)Cc3cccc(Cl)c3)nc(N)n2)cc1. The number of nitrogens with zero attached hydrogens (tertiary/aromatic N) is 3. The molecule has 6 heteroatoms. The van der Waals surface area contributed by atoms with Gasteiger partial charge in [-0.2, -0.15) is 4.98 Å². The van der Waals surface area contributed by atoms with Crippen molar-refractivity contribution >= 4 is 29.1 Å². The van der Waals surface area contributed by atoms with Crippen molar-refractivity contribution in [2.45, 2.75) is 20.0 Å². The highest BCUT2D eigenvalue weighted by atomic mass is 35.5. The maximum absolute atomic E-state index is 6.05. The number of benzene rings is 2. The zero-order chi connectivity index (χ0) is 18.5. The number of nitrogens with two attached hydrogens (primary N) is 1. The lowest BCUT2D eigenvalue weighted by Gasteiger charge is -2.17. The fourth-order valence-electron chi connectivity index (χ4n) is 2.73. The summed E-state index contributed by atoms with van der Waals surface area (Å²) >= 11 is 6.05. The molecular weight excluding hydrogens is 346 g/mol. The molecule has 0 spiro atoms. The molecule has 0 unspecified atom stereocenters. The summed E-state index contributed by atoms with van der Waals surface area (Å²) in [5.41, 5.74) is 10.1. The van der Waals surface area contributed by atoms with Crippen LogP contribution in [0.1, 0.15) is 16.8 Å². The number of halogens is 1. The van der Waals surface area contributed by atoms with E-state index in [0.717, 1.165) is 28.5 Å². The number of anilines is 3. The predicted molar refractivity (Wildman–Crippen MR) is 108 cm³/mol. The van der Waals surface area contributed by atoms with Crippen molar-refractivity contribution < 1.29 is 0 Å². The van der Waals surface area contributed by atoms with Crippen molar-refractivity contribution in [1.82, 2.24) is 14.9 Å². The first-order chi connectivity index (χ1) is 12.5. The molecule has 3 N–H and O–H groups in total. The molecule has 3 aromatic rings. The predicted octanol–water partition coefficient (Wildman–Crippen LogP) is 4.40. The summed E-state index contributed by atoms with van der Waals surface area (Å²) in [6.45, 7) is 3.48. The van der Waals surface area contributed by atoms with Gasteiger partial charge in [0.25, 0.3) is 0 Å². The molecule has 0 aliphatic rings. The highest BCUT2D eigenvalue weighted by molar-refractivity contribution is 6.30. The molecule has 26 heavy (non-hydrogen) atoms. The molecule has 0 radical (unpaired) electrons. The van der Waals surface area contributed by atoms with E-state index in [9.17, 15) is 0 Å². The number of rotatable bonds is 6. The average molecular weight is 368 g/mol. The van der Waals surface area contributed by atoms with E-state index in [1.807, 2.05) is 55.6 Å². The zero-order valence-corrected chi connectivity index (χ0v) is 15.7. The van der Waals surface area contributed by atoms with Crippen LogP contribution in [0.15, 0.2) is 54.6 Å². The minimum absolute atomic E-state index is 0.258. The zero-order valence-electron chi connectivity index (χ0n) is 14.9. The summed E-state index contributed by atoms with van der Waals surface area (Å²) in [5.74, 6) is 0.945. The van der Waals surface area contributed by atoms with Crippen LogP contribution in [-0.4, -0.2) is 21.9 Å². The summed E-state index contributed by atoms with van der Waals surface area (Å²) in [5, 5.41) is 4.02. The molecule has 2 aromatic carbocycles. The number of nitrogen functional groups attached to an aromatic ring is 1. The van der Waals surface area contributed by atoms with Crippen molar-refractivity contribution in [3.63, 3.8) is 0 Å². The van der Waals surface area contributed by atoms with E-state index >= 15 is 0 Å². The van der Waals surface area contributed by atoms with E-state index in [4.69, 9.17) is 17.3 Å². The van der Waals surface area contributed by atoms with Crippen LogP contribution >= 0.6 is 11.6 Å². The normalized spacial score (nSPS) is 10.9. The molecule has 3 rings (SSSR count). The molecule has 0 saturated carbocycles. The minimum Gasteiger partial charge on any atom is -0.368 e. The quantitative estimate of drug-likeness (QED) is 0.676. The largest absolute Gasteiger partial charge is 0.368 e. The molecule has 0 atom stereocenters. The average Bonchev–Trinajstić information content (AvgIpc) is 2.56. The molecule has 0 aliphatic carbocycles. The smallest absolute Gasteiger partial charge is 0.222 e. The molecule has 0 saturated heterocycles. The monoisotopic (exact) mass is 367 g/mol. The molecule has 5 nitrogen and oxygen atoms in total. The number of hydrogen-bond donors (Lipinski definition) is 2. The Labute approximate surface area is 158 Å². The van der Waals surface area contributed by atoms with Crippen LogP contribution in [0.3, 0.4) is 0 Å². The summed E-state index contributed by atoms with van der Waals surface area (Å²) in [7, 11) is 2.03. The molecule has 1 heterocycles. The van der Waals surface area contributed by atoms with Gasteiger partial charge in [0.05, 0.1) is 5.69 Å². The topological polar surface area (TPSA) is 67.1 Å². The first kappa shape index (κ1) is 18.2. The van der Waals surface area contributed by atoms with Gasteiger partial charge in [0, 0.05) is 29.9 Å². The van der Waals surface area contributed by atoms with E-state index in [0.29, 0.717) is 12.4 Å². The molecule has 0 aliphatic heterocycles. The van der Waals surface area contributed by atoms with Crippen LogP contribution in [0.4, 0.5) is 17.5 Å². The van der Waals surface area contributed by atoms with Gasteiger partial charge in [-0.3, -0.25) is 4.90 Å². The molecule has 134 valence electrons. The molecular formula is C20H22ClN5. The lowest BCUT2D eigenvalue weighted by Crippen LogP contribution is -2.18. The summed E-state index contributed by atoms with van der Waals surface area (Å²) in [6, 6.07) is 17.9. The Morgan fingerprint density at radius 3 is 2.54 bits per heavy atom. The second kappa shape index (κ2) is 8.17. The number of nitrogens with one attached hydrogen (secondary N) is 1. The highest BCUT2D eigenvalue weighted by Gasteiger charge is 2.07. The third-order valence-corrected chi connectivity index (χ3v) is 4.13. The van der Waals surface area contributed by atoms with Crippen LogP contribution in [0, 0.1) is 6.92 Å². The van der Waals surface area contributed by atoms with Gasteiger partial charge in [-0.1, -0.05) is 41.4 Å². The van der Waals surface area contributed by atoms with Crippen molar-refractivity contribution in [2.75, 3.05) is 18.1 Å². The van der Waals surface area contributed by atoms with Crippen LogP contribution in [0.25, 0.3) is 0 Å². The van der Waals surface area contributed by atoms with E-state index in [1.165, 1.54) is 5.56 Å². The lowest BCUT2D eigenvalue weighted by atomic mass is 10.2. The summed E-state index contributed by atoms with van der Waals surface area (Å²) < 4.78 is 0. The maximum atomic E-state index is 6.05. The molecule has 0 amide bonds. The van der Waals surface area contributed by atoms with Crippen LogP contribution in [0.5, 0.6) is 0 Å². The Kier molecular flexibility index (Phi) is 5.71. The Balaban J connectivity index is 1.69. The van der Waals surface area contributed by atoms with Gasteiger partial charge >= 0.3 is 0 Å². The fourth-order valence-corrected chi connectivity index (χ4v) is 2.94. The number of aromatic nitrogens is 2. The van der Waals surface area contributed by atoms with Gasteiger partial charge < -0.3 is 11.1 Å². The highest BCUT2D eigenvalue weighted by Crippen LogP contribution is 2.18. The van der Waals surface area contributed by atoms with E-state index < -0.39 is 0 Å². The second-order valence-electron chi connectivity index (χ2n) is 6.40. The summed E-state index contributed by atoms with van der Waals surface area (Å²) in [4.78, 5) is 10.8. The van der Waals surface area contributed by atoms with Crippen molar-refractivity contribution in [3.8, 4) is 0 Å². The minimum atomic E-state index is 0.258. The Hall–Kier alpha value is -2.63. The van der Waals surface area contributed by atoms with Gasteiger partial charge in [-0.25, -0.2) is 4.98 Å². The summed E-state index contributed by atoms with van der Waals surface area (Å²) in [6.07, 6.45) is 0. The number of aryl methyl sites for hydroxylation is 1.